The lowest BCUT2D eigenvalue weighted by Crippen LogP contribution is -2.45. The van der Waals surface area contributed by atoms with Crippen molar-refractivity contribution in [2.45, 2.75) is 179 Å². The van der Waals surface area contributed by atoms with Gasteiger partial charge in [-0.15, -0.1) is 13.2 Å². The van der Waals surface area contributed by atoms with Crippen molar-refractivity contribution < 1.29 is 4.74 Å². The van der Waals surface area contributed by atoms with Gasteiger partial charge in [0, 0.05) is 12.8 Å². The molecule has 252 valence electrons. The van der Waals surface area contributed by atoms with E-state index in [0.29, 0.717) is 0 Å². The van der Waals surface area contributed by atoms with Crippen LogP contribution in [0.15, 0.2) is 86.0 Å². The van der Waals surface area contributed by atoms with Crippen LogP contribution >= 0.6 is 0 Å². The molecule has 0 saturated heterocycles. The third-order valence-corrected chi connectivity index (χ3v) is 9.75. The first-order valence-corrected chi connectivity index (χ1v) is 19.2. The second kappa shape index (κ2) is 25.0. The van der Waals surface area contributed by atoms with Crippen molar-refractivity contribution in [3.63, 3.8) is 0 Å². The van der Waals surface area contributed by atoms with E-state index in [4.69, 9.17) is 4.74 Å². The van der Waals surface area contributed by atoms with Gasteiger partial charge in [0.05, 0.1) is 11.2 Å². The van der Waals surface area contributed by atoms with E-state index in [0.717, 1.165) is 25.7 Å². The van der Waals surface area contributed by atoms with Crippen LogP contribution in [0.1, 0.15) is 166 Å². The molecule has 0 bridgehead atoms. The number of unbranched alkanes of at least 4 members (excludes halogenated alkanes) is 18. The van der Waals surface area contributed by atoms with E-state index < -0.39 is 11.2 Å². The summed E-state index contributed by atoms with van der Waals surface area (Å²) in [5, 5.41) is 0. The van der Waals surface area contributed by atoms with Crippen LogP contribution in [-0.2, 0) is 17.6 Å². The lowest BCUT2D eigenvalue weighted by Gasteiger charge is -2.42. The molecule has 2 atom stereocenters. The first kappa shape index (κ1) is 39.1. The highest BCUT2D eigenvalue weighted by Gasteiger charge is 2.38. The average Bonchev–Trinajstić information content (AvgIpc) is 3.07. The molecule has 1 nitrogen and oxygen atoms in total. The maximum absolute atomic E-state index is 7.46. The summed E-state index contributed by atoms with van der Waals surface area (Å²) < 4.78 is 7.46. The predicted octanol–water partition coefficient (Wildman–Crippen LogP) is 14.0. The van der Waals surface area contributed by atoms with Gasteiger partial charge in [0.15, 0.2) is 0 Å². The van der Waals surface area contributed by atoms with Gasteiger partial charge in [-0.05, 0) is 24.0 Å². The second-order valence-corrected chi connectivity index (χ2v) is 13.8. The summed E-state index contributed by atoms with van der Waals surface area (Å²) >= 11 is 0. The van der Waals surface area contributed by atoms with Crippen LogP contribution in [0.4, 0.5) is 0 Å². The zero-order chi connectivity index (χ0) is 32.3. The summed E-state index contributed by atoms with van der Waals surface area (Å²) in [4.78, 5) is 0. The SMILES string of the molecule is C=CC(CCCCCCCCCCCC)(Cc1ccccc1)OC(C=C)(CCCCCCCCCCCC)Cc1ccccc1. The topological polar surface area (TPSA) is 9.23 Å². The van der Waals surface area contributed by atoms with Crippen LogP contribution in [0.25, 0.3) is 0 Å². The molecule has 2 rings (SSSR count). The maximum atomic E-state index is 7.46. The second-order valence-electron chi connectivity index (χ2n) is 13.8. The maximum Gasteiger partial charge on any atom is 0.0912 e. The smallest absolute Gasteiger partial charge is 0.0912 e. The fourth-order valence-electron chi connectivity index (χ4n) is 6.89. The van der Waals surface area contributed by atoms with Gasteiger partial charge in [-0.1, -0.05) is 215 Å². The molecule has 0 aliphatic rings. The Morgan fingerprint density at radius 3 is 1.02 bits per heavy atom. The van der Waals surface area contributed by atoms with E-state index in [1.165, 1.54) is 140 Å². The van der Waals surface area contributed by atoms with Crippen molar-refractivity contribution in [3.05, 3.63) is 97.1 Å². The van der Waals surface area contributed by atoms with E-state index in [9.17, 15) is 0 Å². The molecule has 0 saturated carbocycles. The molecule has 0 heterocycles. The van der Waals surface area contributed by atoms with Gasteiger partial charge >= 0.3 is 0 Å². The number of benzene rings is 2. The minimum Gasteiger partial charge on any atom is -0.360 e. The minimum absolute atomic E-state index is 0.414. The highest BCUT2D eigenvalue weighted by molar-refractivity contribution is 5.23. The Morgan fingerprint density at radius 2 is 0.733 bits per heavy atom. The van der Waals surface area contributed by atoms with Gasteiger partial charge in [-0.25, -0.2) is 0 Å². The Bertz CT molecular complexity index is 885. The molecule has 0 aromatic heterocycles. The molecule has 45 heavy (non-hydrogen) atoms. The van der Waals surface area contributed by atoms with Crippen molar-refractivity contribution in [3.8, 4) is 0 Å². The fraction of sp³-hybridized carbons (Fsp3) is 0.636. The van der Waals surface area contributed by atoms with Gasteiger partial charge in [0.25, 0.3) is 0 Å². The summed E-state index contributed by atoms with van der Waals surface area (Å²) in [5.74, 6) is 0. The third kappa shape index (κ3) is 17.4. The quantitative estimate of drug-likeness (QED) is 0.0628. The summed E-state index contributed by atoms with van der Waals surface area (Å²) in [6, 6.07) is 21.8. The van der Waals surface area contributed by atoms with Gasteiger partial charge in [-0.2, -0.15) is 0 Å². The summed E-state index contributed by atoms with van der Waals surface area (Å²) in [6.45, 7) is 13.4. The molecule has 2 unspecified atom stereocenters. The van der Waals surface area contributed by atoms with Crippen LogP contribution in [0.2, 0.25) is 0 Å². The van der Waals surface area contributed by atoms with Gasteiger partial charge < -0.3 is 4.74 Å². The van der Waals surface area contributed by atoms with E-state index in [2.05, 4.69) is 99.8 Å². The van der Waals surface area contributed by atoms with Gasteiger partial charge in [0.1, 0.15) is 0 Å². The summed E-state index contributed by atoms with van der Waals surface area (Å²) in [6.07, 6.45) is 34.8. The highest BCUT2D eigenvalue weighted by Crippen LogP contribution is 2.37. The Hall–Kier alpha value is -2.12. The van der Waals surface area contributed by atoms with E-state index in [1.807, 2.05) is 0 Å². The Labute approximate surface area is 280 Å². The molecule has 0 fully saturated rings. The molecule has 2 aromatic carbocycles. The molecule has 0 aliphatic carbocycles. The molecule has 1 heteroatoms. The Kier molecular flexibility index (Phi) is 21.7. The van der Waals surface area contributed by atoms with E-state index >= 15 is 0 Å². The number of ether oxygens (including phenoxy) is 1. The molecular formula is C44H70O. The molecule has 2 aromatic rings. The van der Waals surface area contributed by atoms with Crippen molar-refractivity contribution in [2.24, 2.45) is 0 Å². The summed E-state index contributed by atoms with van der Waals surface area (Å²) in [7, 11) is 0. The first-order chi connectivity index (χ1) is 22.1. The molecule has 0 N–H and O–H groups in total. The standard InChI is InChI=1S/C44H70O/c1-5-9-11-13-15-17-19-21-23-31-37-43(7-3,39-41-33-27-25-28-34-41)45-44(8-4,40-42-35-29-26-30-36-42)38-32-24-22-20-18-16-14-12-10-6-2/h7-8,25-30,33-36H,3-6,9-24,31-32,37-40H2,1-2H3. The fourth-order valence-corrected chi connectivity index (χ4v) is 6.89. The molecule has 0 aliphatic heterocycles. The zero-order valence-electron chi connectivity index (χ0n) is 29.7. The summed E-state index contributed by atoms with van der Waals surface area (Å²) in [5.41, 5.74) is 1.81. The van der Waals surface area contributed by atoms with Gasteiger partial charge in [0.2, 0.25) is 0 Å². The number of rotatable bonds is 30. The van der Waals surface area contributed by atoms with Crippen LogP contribution in [0.5, 0.6) is 0 Å². The predicted molar refractivity (Wildman–Crippen MR) is 200 cm³/mol. The van der Waals surface area contributed by atoms with Crippen molar-refractivity contribution in [1.82, 2.24) is 0 Å². The van der Waals surface area contributed by atoms with E-state index in [-0.39, 0.29) is 0 Å². The largest absolute Gasteiger partial charge is 0.360 e. The molecule has 0 amide bonds. The van der Waals surface area contributed by atoms with Crippen LogP contribution < -0.4 is 0 Å². The molecule has 0 radical (unpaired) electrons. The van der Waals surface area contributed by atoms with Crippen LogP contribution in [-0.4, -0.2) is 11.2 Å². The number of hydrogen-bond acceptors (Lipinski definition) is 1. The first-order valence-electron chi connectivity index (χ1n) is 19.2. The third-order valence-electron chi connectivity index (χ3n) is 9.75. The van der Waals surface area contributed by atoms with Crippen molar-refractivity contribution >= 4 is 0 Å². The van der Waals surface area contributed by atoms with Crippen molar-refractivity contribution in [1.29, 1.82) is 0 Å². The highest BCUT2D eigenvalue weighted by atomic mass is 16.5. The normalized spacial score (nSPS) is 14.1. The van der Waals surface area contributed by atoms with E-state index in [1.54, 1.807) is 0 Å². The lowest BCUT2D eigenvalue weighted by molar-refractivity contribution is -0.116. The van der Waals surface area contributed by atoms with Crippen molar-refractivity contribution in [2.75, 3.05) is 0 Å². The molecular weight excluding hydrogens is 544 g/mol. The Morgan fingerprint density at radius 1 is 0.444 bits per heavy atom. The average molecular weight is 615 g/mol. The molecule has 0 spiro atoms. The monoisotopic (exact) mass is 615 g/mol. The van der Waals surface area contributed by atoms with Crippen LogP contribution in [0.3, 0.4) is 0 Å². The lowest BCUT2D eigenvalue weighted by atomic mass is 9.84. The van der Waals surface area contributed by atoms with Gasteiger partial charge in [-0.3, -0.25) is 0 Å². The van der Waals surface area contributed by atoms with Crippen LogP contribution in [0, 0.1) is 0 Å². The Balaban J connectivity index is 2.06. The minimum atomic E-state index is -0.414. The zero-order valence-corrected chi connectivity index (χ0v) is 29.7. The number of hydrogen-bond donors (Lipinski definition) is 0.